The van der Waals surface area contributed by atoms with Crippen LogP contribution in [0.3, 0.4) is 0 Å². The molecule has 2 atom stereocenters. The molecule has 2 aromatic carbocycles. The van der Waals surface area contributed by atoms with Gasteiger partial charge in [-0.3, -0.25) is 4.79 Å². The van der Waals surface area contributed by atoms with Gasteiger partial charge < -0.3 is 14.4 Å². The van der Waals surface area contributed by atoms with E-state index in [1.165, 1.54) is 25.3 Å². The molecule has 2 fully saturated rings. The Kier molecular flexibility index (Phi) is 6.02. The fraction of sp³-hybridized carbons (Fsp3) is 0.417. The summed E-state index contributed by atoms with van der Waals surface area (Å²) in [5.41, 5.74) is 1.01. The van der Waals surface area contributed by atoms with Gasteiger partial charge in [-0.15, -0.1) is 0 Å². The maximum Gasteiger partial charge on any atom is 0.410 e. The van der Waals surface area contributed by atoms with Gasteiger partial charge in [0.15, 0.2) is 5.78 Å². The van der Waals surface area contributed by atoms with Crippen molar-refractivity contribution in [1.29, 1.82) is 0 Å². The van der Waals surface area contributed by atoms with E-state index in [1.54, 1.807) is 0 Å². The molecule has 158 valence electrons. The van der Waals surface area contributed by atoms with Crippen LogP contribution in [0.25, 0.3) is 0 Å². The van der Waals surface area contributed by atoms with E-state index in [0.29, 0.717) is 18.6 Å². The van der Waals surface area contributed by atoms with E-state index in [9.17, 15) is 14.0 Å². The molecule has 2 aliphatic rings. The number of hydrogen-bond donors (Lipinski definition) is 0. The second-order valence-corrected chi connectivity index (χ2v) is 8.06. The maximum atomic E-state index is 14.3. The first-order chi connectivity index (χ1) is 14.6. The first-order valence-corrected chi connectivity index (χ1v) is 10.4. The summed E-state index contributed by atoms with van der Waals surface area (Å²) in [5, 5.41) is 0. The number of carbonyl (C=O) groups excluding carboxylic acids is 2. The number of rotatable bonds is 5. The fourth-order valence-electron chi connectivity index (χ4n) is 4.73. The van der Waals surface area contributed by atoms with Gasteiger partial charge in [0.2, 0.25) is 0 Å². The highest BCUT2D eigenvalue weighted by molar-refractivity contribution is 5.98. The molecule has 2 bridgehead atoms. The molecule has 0 saturated carbocycles. The third-order valence-corrected chi connectivity index (χ3v) is 6.20. The number of nitrogens with zero attached hydrogens (tertiary/aromatic N) is 1. The quantitative estimate of drug-likeness (QED) is 0.651. The van der Waals surface area contributed by atoms with Gasteiger partial charge in [-0.05, 0) is 55.9 Å². The van der Waals surface area contributed by atoms with Gasteiger partial charge >= 0.3 is 6.09 Å². The number of halogens is 1. The smallest absolute Gasteiger partial charge is 0.410 e. The normalized spacial score (nSPS) is 23.0. The molecule has 2 heterocycles. The highest BCUT2D eigenvalue weighted by atomic mass is 19.1. The van der Waals surface area contributed by atoms with Crippen molar-refractivity contribution in [3.05, 3.63) is 65.5 Å². The van der Waals surface area contributed by atoms with Gasteiger partial charge in [-0.1, -0.05) is 30.3 Å². The number of amides is 1. The summed E-state index contributed by atoms with van der Waals surface area (Å²) >= 11 is 0. The summed E-state index contributed by atoms with van der Waals surface area (Å²) in [5.74, 6) is -0.585. The van der Waals surface area contributed by atoms with Crippen LogP contribution in [-0.2, 0) is 11.3 Å². The zero-order chi connectivity index (χ0) is 21.1. The fourth-order valence-corrected chi connectivity index (χ4v) is 4.73. The molecule has 0 aromatic heterocycles. The first kappa shape index (κ1) is 20.4. The Morgan fingerprint density at radius 2 is 1.77 bits per heavy atom. The van der Waals surface area contributed by atoms with Gasteiger partial charge in [0, 0.05) is 18.0 Å². The summed E-state index contributed by atoms with van der Waals surface area (Å²) in [6, 6.07) is 13.7. The summed E-state index contributed by atoms with van der Waals surface area (Å²) in [4.78, 5) is 27.7. The van der Waals surface area contributed by atoms with Gasteiger partial charge in [0.25, 0.3) is 0 Å². The second kappa shape index (κ2) is 8.86. The minimum absolute atomic E-state index is 0.0524. The Bertz CT molecular complexity index is 903. The summed E-state index contributed by atoms with van der Waals surface area (Å²) in [6.45, 7) is 0.229. The zero-order valence-corrected chi connectivity index (χ0v) is 17.1. The molecule has 0 N–H and O–H groups in total. The van der Waals surface area contributed by atoms with Crippen LogP contribution < -0.4 is 4.74 Å². The lowest BCUT2D eigenvalue weighted by molar-refractivity contribution is 0.00464. The number of methoxy groups -OCH3 is 1. The molecular formula is C24H26FNO4. The molecule has 2 unspecified atom stereocenters. The van der Waals surface area contributed by atoms with Gasteiger partial charge in [0.1, 0.15) is 18.2 Å². The molecule has 2 aromatic rings. The summed E-state index contributed by atoms with van der Waals surface area (Å²) in [6.07, 6.45) is 3.43. The van der Waals surface area contributed by atoms with Crippen molar-refractivity contribution >= 4 is 11.9 Å². The Balaban J connectivity index is 1.45. The van der Waals surface area contributed by atoms with E-state index in [-0.39, 0.29) is 42.0 Å². The third kappa shape index (κ3) is 4.18. The SMILES string of the molecule is COc1ccc(F)c(C(=O)C2CC3CCCC(C2)N3C(=O)OCc2ccccc2)c1. The number of benzene rings is 2. The number of carbonyl (C=O) groups is 2. The molecule has 2 aliphatic heterocycles. The maximum absolute atomic E-state index is 14.3. The highest BCUT2D eigenvalue weighted by Gasteiger charge is 2.44. The number of piperidine rings is 2. The molecule has 4 rings (SSSR count). The van der Waals surface area contributed by atoms with Gasteiger partial charge in [-0.2, -0.15) is 0 Å². The number of hydrogen-bond acceptors (Lipinski definition) is 4. The lowest BCUT2D eigenvalue weighted by Gasteiger charge is -2.47. The van der Waals surface area contributed by atoms with Crippen molar-refractivity contribution in [3.8, 4) is 5.75 Å². The Hall–Kier alpha value is -2.89. The summed E-state index contributed by atoms with van der Waals surface area (Å²) in [7, 11) is 1.49. The van der Waals surface area contributed by atoms with E-state index in [4.69, 9.17) is 9.47 Å². The average Bonchev–Trinajstić information content (AvgIpc) is 2.77. The van der Waals surface area contributed by atoms with Crippen LogP contribution in [0, 0.1) is 11.7 Å². The van der Waals surface area contributed by atoms with E-state index >= 15 is 0 Å². The lowest BCUT2D eigenvalue weighted by Crippen LogP contribution is -2.55. The Labute approximate surface area is 175 Å². The Morgan fingerprint density at radius 3 is 2.43 bits per heavy atom. The second-order valence-electron chi connectivity index (χ2n) is 8.06. The van der Waals surface area contributed by atoms with Crippen LogP contribution >= 0.6 is 0 Å². The first-order valence-electron chi connectivity index (χ1n) is 10.4. The van der Waals surface area contributed by atoms with Crippen LogP contribution in [0.1, 0.15) is 48.0 Å². The van der Waals surface area contributed by atoms with Crippen LogP contribution in [-0.4, -0.2) is 36.0 Å². The van der Waals surface area contributed by atoms with Crippen LogP contribution in [0.5, 0.6) is 5.75 Å². The van der Waals surface area contributed by atoms with Crippen molar-refractivity contribution < 1.29 is 23.5 Å². The minimum atomic E-state index is -0.532. The monoisotopic (exact) mass is 411 g/mol. The number of fused-ring (bicyclic) bond motifs is 2. The Morgan fingerprint density at radius 1 is 1.07 bits per heavy atom. The van der Waals surface area contributed by atoms with Crippen molar-refractivity contribution in [2.45, 2.75) is 50.8 Å². The third-order valence-electron chi connectivity index (χ3n) is 6.20. The van der Waals surface area contributed by atoms with Crippen LogP contribution in [0.2, 0.25) is 0 Å². The van der Waals surface area contributed by atoms with E-state index in [2.05, 4.69) is 0 Å². The average molecular weight is 411 g/mol. The number of Topliss-reactive ketones (excluding diaryl/α,β-unsaturated/α-hetero) is 1. The van der Waals surface area contributed by atoms with E-state index in [1.807, 2.05) is 35.2 Å². The molecule has 0 aliphatic carbocycles. The standard InChI is InChI=1S/C24H26FNO4/c1-29-20-10-11-22(25)21(14-20)23(27)17-12-18-8-5-9-19(13-17)26(18)24(28)30-15-16-6-3-2-4-7-16/h2-4,6-7,10-11,14,17-19H,5,8-9,12-13,15H2,1H3. The largest absolute Gasteiger partial charge is 0.497 e. The predicted molar refractivity (Wildman–Crippen MR) is 110 cm³/mol. The number of ether oxygens (including phenoxy) is 2. The molecule has 0 spiro atoms. The van der Waals surface area contributed by atoms with Crippen molar-refractivity contribution in [2.24, 2.45) is 5.92 Å². The predicted octanol–water partition coefficient (Wildman–Crippen LogP) is 4.99. The molecule has 5 nitrogen and oxygen atoms in total. The molecule has 0 radical (unpaired) electrons. The van der Waals surface area contributed by atoms with Crippen molar-refractivity contribution in [2.75, 3.05) is 7.11 Å². The topological polar surface area (TPSA) is 55.8 Å². The molecule has 6 heteroatoms. The molecule has 2 saturated heterocycles. The van der Waals surface area contributed by atoms with Crippen LogP contribution in [0.4, 0.5) is 9.18 Å². The van der Waals surface area contributed by atoms with Crippen molar-refractivity contribution in [1.82, 2.24) is 4.90 Å². The molecular weight excluding hydrogens is 385 g/mol. The lowest BCUT2D eigenvalue weighted by atomic mass is 9.76. The van der Waals surface area contributed by atoms with Crippen molar-refractivity contribution in [3.63, 3.8) is 0 Å². The number of ketones is 1. The highest BCUT2D eigenvalue weighted by Crippen LogP contribution is 2.39. The zero-order valence-electron chi connectivity index (χ0n) is 17.1. The van der Waals surface area contributed by atoms with E-state index in [0.717, 1.165) is 24.8 Å². The molecule has 30 heavy (non-hydrogen) atoms. The molecule has 1 amide bonds. The van der Waals surface area contributed by atoms with Gasteiger partial charge in [-0.25, -0.2) is 9.18 Å². The van der Waals surface area contributed by atoms with Gasteiger partial charge in [0.05, 0.1) is 12.7 Å². The minimum Gasteiger partial charge on any atom is -0.497 e. The van der Waals surface area contributed by atoms with E-state index < -0.39 is 5.82 Å². The summed E-state index contributed by atoms with van der Waals surface area (Å²) < 4.78 is 25.0. The van der Waals surface area contributed by atoms with Crippen LogP contribution in [0.15, 0.2) is 48.5 Å².